The van der Waals surface area contributed by atoms with Gasteiger partial charge in [0.05, 0.1) is 0 Å². The second kappa shape index (κ2) is 30.1. The lowest BCUT2D eigenvalue weighted by atomic mass is 10.1. The number of hydrogen-bond acceptors (Lipinski definition) is 4. The minimum Gasteiger partial charge on any atom is -0.396 e. The van der Waals surface area contributed by atoms with Gasteiger partial charge in [-0.1, -0.05) is 103 Å². The van der Waals surface area contributed by atoms with Gasteiger partial charge in [-0.15, -0.1) is 0 Å². The SMILES string of the molecule is O=C(CCCCC(=O)NCCCCCCCCCCCCO)NCCCCCCCCCCCCO. The summed E-state index contributed by atoms with van der Waals surface area (Å²) >= 11 is 0. The molecule has 0 aliphatic carbocycles. The third-order valence-electron chi connectivity index (χ3n) is 6.87. The predicted molar refractivity (Wildman–Crippen MR) is 151 cm³/mol. The monoisotopic (exact) mass is 512 g/mol. The number of carbonyl (C=O) groups is 2. The Morgan fingerprint density at radius 1 is 0.361 bits per heavy atom. The molecule has 0 atom stereocenters. The maximum atomic E-state index is 11.9. The summed E-state index contributed by atoms with van der Waals surface area (Å²) in [4.78, 5) is 23.9. The zero-order valence-corrected chi connectivity index (χ0v) is 23.5. The van der Waals surface area contributed by atoms with Crippen LogP contribution >= 0.6 is 0 Å². The average Bonchev–Trinajstić information content (AvgIpc) is 2.88. The highest BCUT2D eigenvalue weighted by Crippen LogP contribution is 2.11. The van der Waals surface area contributed by atoms with E-state index in [0.717, 1.165) is 64.5 Å². The van der Waals surface area contributed by atoms with Crippen LogP contribution < -0.4 is 10.6 Å². The lowest BCUT2D eigenvalue weighted by molar-refractivity contribution is -0.123. The van der Waals surface area contributed by atoms with Crippen LogP contribution in [0.4, 0.5) is 0 Å². The Hall–Kier alpha value is -1.14. The molecule has 0 unspecified atom stereocenters. The molecule has 0 bridgehead atoms. The number of aliphatic hydroxyl groups excluding tert-OH is 2. The van der Waals surface area contributed by atoms with Gasteiger partial charge in [-0.2, -0.15) is 0 Å². The molecule has 0 heterocycles. The Bertz CT molecular complexity index is 432. The van der Waals surface area contributed by atoms with Gasteiger partial charge < -0.3 is 20.8 Å². The first-order valence-corrected chi connectivity index (χ1v) is 15.5. The molecule has 36 heavy (non-hydrogen) atoms. The summed E-state index contributed by atoms with van der Waals surface area (Å²) in [6, 6.07) is 0. The van der Waals surface area contributed by atoms with Crippen LogP contribution in [0.15, 0.2) is 0 Å². The van der Waals surface area contributed by atoms with Gasteiger partial charge in [0.2, 0.25) is 11.8 Å². The van der Waals surface area contributed by atoms with E-state index >= 15 is 0 Å². The van der Waals surface area contributed by atoms with Crippen molar-refractivity contribution in [3.05, 3.63) is 0 Å². The van der Waals surface area contributed by atoms with E-state index in [4.69, 9.17) is 10.2 Å². The Labute approximate surface area is 222 Å². The molecule has 4 N–H and O–H groups in total. The molecule has 0 aliphatic rings. The number of amides is 2. The van der Waals surface area contributed by atoms with Gasteiger partial charge in [-0.3, -0.25) is 9.59 Å². The largest absolute Gasteiger partial charge is 0.396 e. The van der Waals surface area contributed by atoms with Crippen molar-refractivity contribution in [3.8, 4) is 0 Å². The summed E-state index contributed by atoms with van der Waals surface area (Å²) in [6.07, 6.45) is 26.5. The summed E-state index contributed by atoms with van der Waals surface area (Å²) in [5, 5.41) is 23.5. The zero-order chi connectivity index (χ0) is 26.4. The molecule has 0 aromatic rings. The number of unbranched alkanes of at least 4 members (excludes halogenated alkanes) is 19. The first-order chi connectivity index (χ1) is 17.7. The van der Waals surface area contributed by atoms with Crippen LogP contribution in [0.2, 0.25) is 0 Å². The van der Waals surface area contributed by atoms with Gasteiger partial charge in [0.15, 0.2) is 0 Å². The molecule has 0 aliphatic heterocycles. The summed E-state index contributed by atoms with van der Waals surface area (Å²) in [5.74, 6) is 0.229. The summed E-state index contributed by atoms with van der Waals surface area (Å²) in [5.41, 5.74) is 0. The molecular formula is C30H60N2O4. The van der Waals surface area contributed by atoms with Crippen molar-refractivity contribution >= 4 is 11.8 Å². The van der Waals surface area contributed by atoms with E-state index in [9.17, 15) is 9.59 Å². The van der Waals surface area contributed by atoms with E-state index in [2.05, 4.69) is 10.6 Å². The van der Waals surface area contributed by atoms with E-state index in [1.807, 2.05) is 0 Å². The van der Waals surface area contributed by atoms with Crippen LogP contribution in [-0.2, 0) is 9.59 Å². The maximum absolute atomic E-state index is 11.9. The Balaban J connectivity index is 3.27. The summed E-state index contributed by atoms with van der Waals surface area (Å²) < 4.78 is 0. The Morgan fingerprint density at radius 2 is 0.611 bits per heavy atom. The highest BCUT2D eigenvalue weighted by Gasteiger charge is 2.04. The molecule has 6 nitrogen and oxygen atoms in total. The fraction of sp³-hybridized carbons (Fsp3) is 0.933. The van der Waals surface area contributed by atoms with Crippen molar-refractivity contribution in [1.82, 2.24) is 10.6 Å². The number of hydrogen-bond donors (Lipinski definition) is 4. The van der Waals surface area contributed by atoms with Crippen LogP contribution in [0.1, 0.15) is 154 Å². The molecule has 0 radical (unpaired) electrons. The van der Waals surface area contributed by atoms with Crippen LogP contribution in [0, 0.1) is 0 Å². The molecule has 0 fully saturated rings. The van der Waals surface area contributed by atoms with E-state index in [1.165, 1.54) is 89.9 Å². The molecule has 214 valence electrons. The molecular weight excluding hydrogens is 452 g/mol. The normalized spacial score (nSPS) is 11.1. The molecule has 0 saturated heterocycles. The first-order valence-electron chi connectivity index (χ1n) is 15.5. The molecule has 0 aromatic heterocycles. The maximum Gasteiger partial charge on any atom is 0.219 e. The average molecular weight is 513 g/mol. The number of rotatable bonds is 29. The summed E-state index contributed by atoms with van der Waals surface area (Å²) in [6.45, 7) is 2.18. The number of nitrogens with one attached hydrogen (secondary N) is 2. The predicted octanol–water partition coefficient (Wildman–Crippen LogP) is 6.57. The van der Waals surface area contributed by atoms with Crippen molar-refractivity contribution in [1.29, 1.82) is 0 Å². The van der Waals surface area contributed by atoms with Crippen molar-refractivity contribution in [3.63, 3.8) is 0 Å². The van der Waals surface area contributed by atoms with E-state index in [1.54, 1.807) is 0 Å². The highest BCUT2D eigenvalue weighted by molar-refractivity contribution is 5.77. The fourth-order valence-corrected chi connectivity index (χ4v) is 4.51. The van der Waals surface area contributed by atoms with Crippen LogP contribution in [0.3, 0.4) is 0 Å². The quantitative estimate of drug-likeness (QED) is 0.0852. The molecule has 0 rings (SSSR count). The highest BCUT2D eigenvalue weighted by atomic mass is 16.3. The van der Waals surface area contributed by atoms with Gasteiger partial charge in [0, 0.05) is 39.1 Å². The Morgan fingerprint density at radius 3 is 0.889 bits per heavy atom. The minimum atomic E-state index is 0.114. The number of aliphatic hydroxyl groups is 2. The van der Waals surface area contributed by atoms with Gasteiger partial charge in [-0.25, -0.2) is 0 Å². The van der Waals surface area contributed by atoms with Crippen molar-refractivity contribution < 1.29 is 19.8 Å². The lowest BCUT2D eigenvalue weighted by Gasteiger charge is -2.07. The molecule has 2 amide bonds. The first kappa shape index (κ1) is 34.9. The van der Waals surface area contributed by atoms with Crippen molar-refractivity contribution in [2.75, 3.05) is 26.3 Å². The van der Waals surface area contributed by atoms with E-state index in [0.29, 0.717) is 26.1 Å². The lowest BCUT2D eigenvalue weighted by Crippen LogP contribution is -2.25. The van der Waals surface area contributed by atoms with Gasteiger partial charge in [-0.05, 0) is 38.5 Å². The molecule has 6 heteroatoms. The fourth-order valence-electron chi connectivity index (χ4n) is 4.51. The third kappa shape index (κ3) is 29.1. The zero-order valence-electron chi connectivity index (χ0n) is 23.5. The third-order valence-corrected chi connectivity index (χ3v) is 6.87. The van der Waals surface area contributed by atoms with Crippen LogP contribution in [0.5, 0.6) is 0 Å². The minimum absolute atomic E-state index is 0.114. The van der Waals surface area contributed by atoms with E-state index in [-0.39, 0.29) is 11.8 Å². The van der Waals surface area contributed by atoms with Crippen molar-refractivity contribution in [2.24, 2.45) is 0 Å². The summed E-state index contributed by atoms with van der Waals surface area (Å²) in [7, 11) is 0. The second-order valence-corrected chi connectivity index (χ2v) is 10.4. The van der Waals surface area contributed by atoms with Gasteiger partial charge >= 0.3 is 0 Å². The van der Waals surface area contributed by atoms with Crippen molar-refractivity contribution in [2.45, 2.75) is 154 Å². The van der Waals surface area contributed by atoms with Crippen LogP contribution in [-0.4, -0.2) is 48.3 Å². The van der Waals surface area contributed by atoms with Gasteiger partial charge in [0.1, 0.15) is 0 Å². The topological polar surface area (TPSA) is 98.7 Å². The molecule has 0 spiro atoms. The molecule has 0 saturated carbocycles. The van der Waals surface area contributed by atoms with Crippen LogP contribution in [0.25, 0.3) is 0 Å². The second-order valence-electron chi connectivity index (χ2n) is 10.4. The number of carbonyl (C=O) groups excluding carboxylic acids is 2. The standard InChI is InChI=1S/C30H60N2O4/c33-27-21-15-11-7-3-1-5-9-13-19-25-31-29(35)23-17-18-24-30(36)32-26-20-14-10-6-2-4-8-12-16-22-28-34/h33-34H,1-28H2,(H,31,35)(H,32,36). The molecule has 0 aromatic carbocycles. The Kier molecular flexibility index (Phi) is 29.1. The van der Waals surface area contributed by atoms with E-state index < -0.39 is 0 Å². The van der Waals surface area contributed by atoms with Gasteiger partial charge in [0.25, 0.3) is 0 Å². The smallest absolute Gasteiger partial charge is 0.219 e.